The number of methoxy groups -OCH3 is 1. The van der Waals surface area contributed by atoms with Gasteiger partial charge in [0, 0.05) is 12.1 Å². The molecule has 3 rings (SSSR count). The molecule has 144 valence electrons. The molecular weight excluding hydrogens is 497 g/mol. The van der Waals surface area contributed by atoms with Gasteiger partial charge in [0.05, 0.1) is 26.2 Å². The molecule has 0 saturated carbocycles. The fourth-order valence-electron chi connectivity index (χ4n) is 2.45. The van der Waals surface area contributed by atoms with Crippen LogP contribution in [0.15, 0.2) is 40.2 Å². The number of carbonyl (C=O) groups is 1. The number of halogens is 1. The minimum Gasteiger partial charge on any atom is -0.504 e. The number of ether oxygens (including phenoxy) is 1. The van der Waals surface area contributed by atoms with Crippen molar-refractivity contribution in [1.82, 2.24) is 5.32 Å². The first kappa shape index (κ1) is 20.1. The van der Waals surface area contributed by atoms with Crippen molar-refractivity contribution >= 4 is 62.9 Å². The van der Waals surface area contributed by atoms with E-state index in [0.29, 0.717) is 36.2 Å². The van der Waals surface area contributed by atoms with Crippen LogP contribution >= 0.6 is 34.4 Å². The lowest BCUT2D eigenvalue weighted by Crippen LogP contribution is -2.19. The minimum atomic E-state index is -0.468. The molecule has 0 bridgehead atoms. The lowest BCUT2D eigenvalue weighted by molar-refractivity contribution is -0.384. The van der Waals surface area contributed by atoms with Crippen LogP contribution in [-0.2, 0) is 4.79 Å². The topological polar surface area (TPSA) is 114 Å². The summed E-state index contributed by atoms with van der Waals surface area (Å²) in [4.78, 5) is 27.4. The maximum absolute atomic E-state index is 12.3. The van der Waals surface area contributed by atoms with Gasteiger partial charge in [-0.05, 0) is 76.7 Å². The van der Waals surface area contributed by atoms with E-state index < -0.39 is 4.92 Å². The lowest BCUT2D eigenvalue weighted by atomic mass is 10.2. The van der Waals surface area contributed by atoms with Crippen LogP contribution in [0, 0.1) is 20.6 Å². The highest BCUT2D eigenvalue weighted by Crippen LogP contribution is 2.35. The fraction of sp³-hybridized carbons (Fsp3) is 0.111. The molecule has 0 unspecified atom stereocenters. The summed E-state index contributed by atoms with van der Waals surface area (Å²) in [5.74, 6) is 0.0626. The normalized spacial score (nSPS) is 16.5. The summed E-state index contributed by atoms with van der Waals surface area (Å²) >= 11 is 3.14. The predicted molar refractivity (Wildman–Crippen MR) is 116 cm³/mol. The van der Waals surface area contributed by atoms with Crippen molar-refractivity contribution in [3.8, 4) is 11.5 Å². The van der Waals surface area contributed by atoms with Crippen molar-refractivity contribution in [2.45, 2.75) is 6.92 Å². The summed E-state index contributed by atoms with van der Waals surface area (Å²) in [5.41, 5.74) is 1.85. The van der Waals surface area contributed by atoms with E-state index in [9.17, 15) is 20.0 Å². The molecule has 1 aliphatic rings. The summed E-state index contributed by atoms with van der Waals surface area (Å²) in [5, 5.41) is 23.8. The molecule has 0 radical (unpaired) electrons. The number of non-ortho nitro benzene ring substituents is 1. The minimum absolute atomic E-state index is 0.0129. The fourth-order valence-corrected chi connectivity index (χ4v) is 3.91. The maximum Gasteiger partial charge on any atom is 0.269 e. The van der Waals surface area contributed by atoms with Gasteiger partial charge in [0.25, 0.3) is 11.6 Å². The largest absolute Gasteiger partial charge is 0.504 e. The summed E-state index contributed by atoms with van der Waals surface area (Å²) in [6.45, 7) is 1.72. The second kappa shape index (κ2) is 8.19. The Morgan fingerprint density at radius 2 is 2.11 bits per heavy atom. The van der Waals surface area contributed by atoms with E-state index in [1.165, 1.54) is 19.2 Å². The molecule has 0 atom stereocenters. The van der Waals surface area contributed by atoms with Crippen LogP contribution in [0.3, 0.4) is 0 Å². The third-order valence-corrected chi connectivity index (χ3v) is 5.56. The number of nitro benzene ring substituents is 1. The average molecular weight is 511 g/mol. The number of aryl methyl sites for hydroxylation is 1. The number of aliphatic imine (C=N–C) groups is 1. The number of nitro groups is 1. The summed E-state index contributed by atoms with van der Waals surface area (Å²) in [7, 11) is 1.45. The highest BCUT2D eigenvalue weighted by atomic mass is 127. The number of phenols is 1. The number of nitrogens with zero attached hydrogens (tertiary/aromatic N) is 2. The maximum atomic E-state index is 12.3. The molecule has 2 N–H and O–H groups in total. The Bertz CT molecular complexity index is 1050. The van der Waals surface area contributed by atoms with Crippen LogP contribution in [-0.4, -0.2) is 28.2 Å². The van der Waals surface area contributed by atoms with Gasteiger partial charge in [0.2, 0.25) is 0 Å². The molecule has 1 fully saturated rings. The molecule has 1 amide bonds. The van der Waals surface area contributed by atoms with Crippen LogP contribution in [0.4, 0.5) is 11.4 Å². The quantitative estimate of drug-likeness (QED) is 0.277. The number of aromatic hydroxyl groups is 1. The van der Waals surface area contributed by atoms with Gasteiger partial charge in [-0.15, -0.1) is 0 Å². The molecule has 0 spiro atoms. The molecule has 10 heteroatoms. The SMILES string of the molecule is COc1cc(/C=C2/SC(=Nc3ccc([N+](=O)[O-])cc3C)NC2=O)cc(I)c1O. The number of rotatable bonds is 4. The second-order valence-electron chi connectivity index (χ2n) is 5.76. The number of amidine groups is 1. The first-order valence-electron chi connectivity index (χ1n) is 7.89. The summed E-state index contributed by atoms with van der Waals surface area (Å²) in [6, 6.07) is 7.71. The Labute approximate surface area is 178 Å². The third-order valence-electron chi connectivity index (χ3n) is 3.83. The van der Waals surface area contributed by atoms with E-state index in [-0.39, 0.29) is 17.3 Å². The number of phenolic OH excluding ortho intramolecular Hbond substituents is 1. The Morgan fingerprint density at radius 3 is 2.75 bits per heavy atom. The van der Waals surface area contributed by atoms with Crippen molar-refractivity contribution < 1.29 is 19.6 Å². The van der Waals surface area contributed by atoms with Crippen molar-refractivity contribution in [2.24, 2.45) is 4.99 Å². The lowest BCUT2D eigenvalue weighted by Gasteiger charge is -2.06. The first-order valence-corrected chi connectivity index (χ1v) is 9.79. The molecule has 1 saturated heterocycles. The zero-order valence-corrected chi connectivity index (χ0v) is 17.7. The number of hydrogen-bond donors (Lipinski definition) is 2. The number of amides is 1. The van der Waals surface area contributed by atoms with Gasteiger partial charge in [-0.25, -0.2) is 4.99 Å². The van der Waals surface area contributed by atoms with Crippen LogP contribution < -0.4 is 10.1 Å². The van der Waals surface area contributed by atoms with E-state index in [0.717, 1.165) is 11.8 Å². The molecule has 28 heavy (non-hydrogen) atoms. The van der Waals surface area contributed by atoms with E-state index >= 15 is 0 Å². The third kappa shape index (κ3) is 4.28. The number of hydrogen-bond acceptors (Lipinski definition) is 7. The molecule has 1 aliphatic heterocycles. The molecule has 0 aliphatic carbocycles. The van der Waals surface area contributed by atoms with Crippen LogP contribution in [0.5, 0.6) is 11.5 Å². The summed E-state index contributed by atoms with van der Waals surface area (Å²) in [6.07, 6.45) is 1.68. The number of thioether (sulfide) groups is 1. The molecule has 0 aromatic heterocycles. The van der Waals surface area contributed by atoms with E-state index in [4.69, 9.17) is 4.74 Å². The monoisotopic (exact) mass is 511 g/mol. The molecule has 2 aromatic rings. The molecule has 2 aromatic carbocycles. The smallest absolute Gasteiger partial charge is 0.269 e. The number of carbonyl (C=O) groups excluding carboxylic acids is 1. The zero-order chi connectivity index (χ0) is 20.4. The average Bonchev–Trinajstić information content (AvgIpc) is 2.98. The van der Waals surface area contributed by atoms with Gasteiger partial charge >= 0.3 is 0 Å². The van der Waals surface area contributed by atoms with Gasteiger partial charge < -0.3 is 15.2 Å². The highest BCUT2D eigenvalue weighted by Gasteiger charge is 2.24. The van der Waals surface area contributed by atoms with Crippen LogP contribution in [0.2, 0.25) is 0 Å². The number of nitrogens with one attached hydrogen (secondary N) is 1. The Kier molecular flexibility index (Phi) is 5.89. The Hall–Kier alpha value is -2.60. The van der Waals surface area contributed by atoms with E-state index in [1.54, 1.807) is 31.2 Å². The van der Waals surface area contributed by atoms with Crippen molar-refractivity contribution in [3.63, 3.8) is 0 Å². The molecule has 1 heterocycles. The van der Waals surface area contributed by atoms with Crippen LogP contribution in [0.25, 0.3) is 6.08 Å². The Balaban J connectivity index is 1.88. The van der Waals surface area contributed by atoms with E-state index in [1.807, 2.05) is 22.6 Å². The zero-order valence-electron chi connectivity index (χ0n) is 14.7. The molecule has 8 nitrogen and oxygen atoms in total. The van der Waals surface area contributed by atoms with Gasteiger partial charge in [-0.3, -0.25) is 14.9 Å². The second-order valence-corrected chi connectivity index (χ2v) is 7.96. The standard InChI is InChI=1S/C18H14IN3O5S/c1-9-5-11(22(25)26)3-4-13(9)20-18-21-17(24)15(28-18)8-10-6-12(19)16(23)14(7-10)27-2/h3-8,23H,1-2H3,(H,20,21,24)/b15-8+. The number of benzene rings is 2. The Morgan fingerprint density at radius 1 is 1.36 bits per heavy atom. The highest BCUT2D eigenvalue weighted by molar-refractivity contribution is 14.1. The predicted octanol–water partition coefficient (Wildman–Crippen LogP) is 4.11. The van der Waals surface area contributed by atoms with E-state index in [2.05, 4.69) is 10.3 Å². The summed E-state index contributed by atoms with van der Waals surface area (Å²) < 4.78 is 5.73. The first-order chi connectivity index (χ1) is 13.3. The van der Waals surface area contributed by atoms with Crippen molar-refractivity contribution in [1.29, 1.82) is 0 Å². The van der Waals surface area contributed by atoms with Gasteiger partial charge in [-0.1, -0.05) is 0 Å². The van der Waals surface area contributed by atoms with Gasteiger partial charge in [-0.2, -0.15) is 0 Å². The van der Waals surface area contributed by atoms with Gasteiger partial charge in [0.1, 0.15) is 0 Å². The molecular formula is C18H14IN3O5S. The van der Waals surface area contributed by atoms with Crippen LogP contribution in [0.1, 0.15) is 11.1 Å². The van der Waals surface area contributed by atoms with Gasteiger partial charge in [0.15, 0.2) is 16.7 Å². The van der Waals surface area contributed by atoms with Crippen molar-refractivity contribution in [3.05, 3.63) is 60.0 Å². The van der Waals surface area contributed by atoms with Crippen molar-refractivity contribution in [2.75, 3.05) is 7.11 Å².